The van der Waals surface area contributed by atoms with Gasteiger partial charge in [-0.15, -0.1) is 0 Å². The average Bonchev–Trinajstić information content (AvgIpc) is 3.16. The molecule has 0 bridgehead atoms. The fourth-order valence-corrected chi connectivity index (χ4v) is 2.06. The minimum Gasteiger partial charge on any atom is -0.324 e. The smallest absolute Gasteiger partial charge is 0.238 e. The number of carbonyl (C=O) groups is 1. The molecular formula is C14H19ClN2O. The first kappa shape index (κ1) is 13.4. The normalized spacial score (nSPS) is 14.5. The lowest BCUT2D eigenvalue weighted by molar-refractivity contribution is -0.115. The predicted molar refractivity (Wildman–Crippen MR) is 74.9 cm³/mol. The molecule has 0 atom stereocenters. The van der Waals surface area contributed by atoms with Gasteiger partial charge in [0.1, 0.15) is 0 Å². The van der Waals surface area contributed by atoms with Gasteiger partial charge < -0.3 is 10.6 Å². The molecule has 18 heavy (non-hydrogen) atoms. The summed E-state index contributed by atoms with van der Waals surface area (Å²) in [7, 11) is 0. The maximum atomic E-state index is 11.6. The molecule has 2 N–H and O–H groups in total. The van der Waals surface area contributed by atoms with E-state index in [0.717, 1.165) is 18.9 Å². The van der Waals surface area contributed by atoms with Gasteiger partial charge in [-0.25, -0.2) is 0 Å². The Morgan fingerprint density at radius 2 is 2.11 bits per heavy atom. The van der Waals surface area contributed by atoms with Crippen LogP contribution < -0.4 is 10.6 Å². The van der Waals surface area contributed by atoms with Crippen LogP contribution in [0.1, 0.15) is 25.7 Å². The van der Waals surface area contributed by atoms with E-state index in [0.29, 0.717) is 17.3 Å². The highest BCUT2D eigenvalue weighted by Gasteiger charge is 2.19. The number of hydrogen-bond acceptors (Lipinski definition) is 2. The highest BCUT2D eigenvalue weighted by Crippen LogP contribution is 2.33. The molecule has 3 nitrogen and oxygen atoms in total. The lowest BCUT2D eigenvalue weighted by Crippen LogP contribution is -2.28. The van der Waals surface area contributed by atoms with E-state index in [9.17, 15) is 4.79 Å². The summed E-state index contributed by atoms with van der Waals surface area (Å²) in [5, 5.41) is 6.51. The third-order valence-electron chi connectivity index (χ3n) is 3.10. The SMILES string of the molecule is O=C(CNCCCC1CC1)Nc1ccccc1Cl. The molecule has 0 unspecified atom stereocenters. The minimum absolute atomic E-state index is 0.0467. The number of benzene rings is 1. The lowest BCUT2D eigenvalue weighted by atomic mass is 10.2. The summed E-state index contributed by atoms with van der Waals surface area (Å²) in [4.78, 5) is 11.6. The van der Waals surface area contributed by atoms with Crippen molar-refractivity contribution in [2.24, 2.45) is 5.92 Å². The standard InChI is InChI=1S/C14H19ClN2O/c15-12-5-1-2-6-13(12)17-14(18)10-16-9-3-4-11-7-8-11/h1-2,5-6,11,16H,3-4,7-10H2,(H,17,18). The molecule has 1 aliphatic rings. The fourth-order valence-electron chi connectivity index (χ4n) is 1.88. The zero-order valence-corrected chi connectivity index (χ0v) is 11.2. The van der Waals surface area contributed by atoms with Gasteiger partial charge in [0.25, 0.3) is 0 Å². The first-order chi connectivity index (χ1) is 8.75. The van der Waals surface area contributed by atoms with Gasteiger partial charge in [0.2, 0.25) is 5.91 Å². The Labute approximate surface area is 113 Å². The van der Waals surface area contributed by atoms with Crippen LogP contribution in [0.25, 0.3) is 0 Å². The summed E-state index contributed by atoms with van der Waals surface area (Å²) in [5.74, 6) is 0.915. The van der Waals surface area contributed by atoms with Crippen molar-refractivity contribution in [1.29, 1.82) is 0 Å². The maximum absolute atomic E-state index is 11.6. The van der Waals surface area contributed by atoms with Gasteiger partial charge >= 0.3 is 0 Å². The second-order valence-corrected chi connectivity index (χ2v) is 5.20. The molecule has 1 fully saturated rings. The van der Waals surface area contributed by atoms with Gasteiger partial charge in [-0.1, -0.05) is 36.6 Å². The molecule has 0 aliphatic heterocycles. The van der Waals surface area contributed by atoms with Crippen LogP contribution in [0.15, 0.2) is 24.3 Å². The van der Waals surface area contributed by atoms with Crippen molar-refractivity contribution in [2.75, 3.05) is 18.4 Å². The van der Waals surface area contributed by atoms with E-state index >= 15 is 0 Å². The molecule has 4 heteroatoms. The summed E-state index contributed by atoms with van der Waals surface area (Å²) < 4.78 is 0. The topological polar surface area (TPSA) is 41.1 Å². The molecule has 1 saturated carbocycles. The third-order valence-corrected chi connectivity index (χ3v) is 3.43. The van der Waals surface area contributed by atoms with Crippen molar-refractivity contribution < 1.29 is 4.79 Å². The molecule has 2 rings (SSSR count). The summed E-state index contributed by atoms with van der Waals surface area (Å²) in [6.45, 7) is 1.25. The molecule has 98 valence electrons. The van der Waals surface area contributed by atoms with Crippen molar-refractivity contribution >= 4 is 23.2 Å². The molecule has 1 aromatic rings. The van der Waals surface area contributed by atoms with E-state index in [1.165, 1.54) is 19.3 Å². The molecule has 0 spiro atoms. The Morgan fingerprint density at radius 1 is 1.33 bits per heavy atom. The van der Waals surface area contributed by atoms with E-state index in [1.54, 1.807) is 12.1 Å². The number of halogens is 1. The van der Waals surface area contributed by atoms with Crippen LogP contribution in [0, 0.1) is 5.92 Å². The minimum atomic E-state index is -0.0467. The van der Waals surface area contributed by atoms with E-state index in [1.807, 2.05) is 12.1 Å². The Balaban J connectivity index is 1.60. The van der Waals surface area contributed by atoms with Gasteiger partial charge in [-0.05, 0) is 37.4 Å². The van der Waals surface area contributed by atoms with E-state index in [2.05, 4.69) is 10.6 Å². The zero-order valence-electron chi connectivity index (χ0n) is 10.4. The van der Waals surface area contributed by atoms with Crippen LogP contribution in [0.5, 0.6) is 0 Å². The van der Waals surface area contributed by atoms with Gasteiger partial charge in [0.05, 0.1) is 17.3 Å². The van der Waals surface area contributed by atoms with Crippen LogP contribution in [-0.4, -0.2) is 19.0 Å². The number of amides is 1. The average molecular weight is 267 g/mol. The Morgan fingerprint density at radius 3 is 2.83 bits per heavy atom. The number of para-hydroxylation sites is 1. The molecular weight excluding hydrogens is 248 g/mol. The van der Waals surface area contributed by atoms with Crippen molar-refractivity contribution in [3.05, 3.63) is 29.3 Å². The molecule has 0 heterocycles. The number of rotatable bonds is 7. The molecule has 0 radical (unpaired) electrons. The zero-order chi connectivity index (χ0) is 12.8. The fraction of sp³-hybridized carbons (Fsp3) is 0.500. The van der Waals surface area contributed by atoms with Crippen LogP contribution in [-0.2, 0) is 4.79 Å². The predicted octanol–water partition coefficient (Wildman–Crippen LogP) is 3.06. The van der Waals surface area contributed by atoms with Crippen molar-refractivity contribution in [3.63, 3.8) is 0 Å². The van der Waals surface area contributed by atoms with Crippen molar-refractivity contribution in [3.8, 4) is 0 Å². The second kappa shape index (κ2) is 6.76. The van der Waals surface area contributed by atoms with E-state index in [4.69, 9.17) is 11.6 Å². The largest absolute Gasteiger partial charge is 0.324 e. The lowest BCUT2D eigenvalue weighted by Gasteiger charge is -2.07. The Bertz CT molecular complexity index is 405. The summed E-state index contributed by atoms with van der Waals surface area (Å²) >= 11 is 5.96. The highest BCUT2D eigenvalue weighted by atomic mass is 35.5. The maximum Gasteiger partial charge on any atom is 0.238 e. The summed E-state index contributed by atoms with van der Waals surface area (Å²) in [6.07, 6.45) is 5.24. The molecule has 1 amide bonds. The van der Waals surface area contributed by atoms with E-state index in [-0.39, 0.29) is 5.91 Å². The van der Waals surface area contributed by atoms with Gasteiger partial charge in [0, 0.05) is 0 Å². The van der Waals surface area contributed by atoms with Crippen molar-refractivity contribution in [2.45, 2.75) is 25.7 Å². The summed E-state index contributed by atoms with van der Waals surface area (Å²) in [6, 6.07) is 7.26. The number of carbonyl (C=O) groups excluding carboxylic acids is 1. The quantitative estimate of drug-likeness (QED) is 0.745. The number of anilines is 1. The van der Waals surface area contributed by atoms with Crippen LogP contribution >= 0.6 is 11.6 Å². The Kier molecular flexibility index (Phi) is 5.02. The van der Waals surface area contributed by atoms with Gasteiger partial charge in [0.15, 0.2) is 0 Å². The Hall–Kier alpha value is -1.06. The third kappa shape index (κ3) is 4.67. The van der Waals surface area contributed by atoms with Crippen LogP contribution in [0.2, 0.25) is 5.02 Å². The monoisotopic (exact) mass is 266 g/mol. The number of nitrogens with one attached hydrogen (secondary N) is 2. The molecule has 1 aliphatic carbocycles. The van der Waals surface area contributed by atoms with Crippen LogP contribution in [0.4, 0.5) is 5.69 Å². The van der Waals surface area contributed by atoms with Crippen molar-refractivity contribution in [1.82, 2.24) is 5.32 Å². The van der Waals surface area contributed by atoms with Gasteiger partial charge in [-0.3, -0.25) is 4.79 Å². The first-order valence-electron chi connectivity index (χ1n) is 6.51. The molecule has 0 saturated heterocycles. The van der Waals surface area contributed by atoms with Gasteiger partial charge in [-0.2, -0.15) is 0 Å². The van der Waals surface area contributed by atoms with E-state index < -0.39 is 0 Å². The van der Waals surface area contributed by atoms with Crippen LogP contribution in [0.3, 0.4) is 0 Å². The molecule has 0 aromatic heterocycles. The molecule has 1 aromatic carbocycles. The highest BCUT2D eigenvalue weighted by molar-refractivity contribution is 6.33. The first-order valence-corrected chi connectivity index (χ1v) is 6.88. The number of hydrogen-bond donors (Lipinski definition) is 2. The second-order valence-electron chi connectivity index (χ2n) is 4.79. The summed E-state index contributed by atoms with van der Waals surface area (Å²) in [5.41, 5.74) is 0.670.